The van der Waals surface area contributed by atoms with Crippen LogP contribution in [0.5, 0.6) is 0 Å². The minimum absolute atomic E-state index is 0.0195. The zero-order valence-electron chi connectivity index (χ0n) is 16.6. The standard InChI is InChI=1S/C23H18Cl2FN3O/c1-13-9-16(15(3)29(13)18-7-8-21(26)20(25)11-18)10-17(12-27)23(30)28-22-6-4-5-19(24)14(22)2/h4-11H,1-3H3,(H,28,30)/b17-10-. The van der Waals surface area contributed by atoms with E-state index in [4.69, 9.17) is 23.2 Å². The molecule has 0 aliphatic rings. The lowest BCUT2D eigenvalue weighted by Gasteiger charge is -2.10. The fraction of sp³-hybridized carbons (Fsp3) is 0.130. The first-order chi connectivity index (χ1) is 14.2. The van der Waals surface area contributed by atoms with E-state index in [-0.39, 0.29) is 10.6 Å². The van der Waals surface area contributed by atoms with Gasteiger partial charge < -0.3 is 9.88 Å². The molecule has 0 unspecified atom stereocenters. The van der Waals surface area contributed by atoms with Crippen LogP contribution in [0.1, 0.15) is 22.5 Å². The van der Waals surface area contributed by atoms with Gasteiger partial charge in [-0.3, -0.25) is 4.79 Å². The van der Waals surface area contributed by atoms with E-state index < -0.39 is 11.7 Å². The van der Waals surface area contributed by atoms with Crippen LogP contribution in [-0.4, -0.2) is 10.5 Å². The minimum atomic E-state index is -0.530. The number of nitriles is 1. The van der Waals surface area contributed by atoms with Crippen molar-refractivity contribution in [3.05, 3.63) is 86.4 Å². The molecule has 152 valence electrons. The van der Waals surface area contributed by atoms with Gasteiger partial charge in [-0.25, -0.2) is 4.39 Å². The van der Waals surface area contributed by atoms with Crippen molar-refractivity contribution in [3.63, 3.8) is 0 Å². The predicted octanol–water partition coefficient (Wildman–Crippen LogP) is 6.39. The first-order valence-electron chi connectivity index (χ1n) is 9.05. The lowest BCUT2D eigenvalue weighted by Crippen LogP contribution is -2.14. The summed E-state index contributed by atoms with van der Waals surface area (Å²) in [4.78, 5) is 12.7. The number of carbonyl (C=O) groups is 1. The van der Waals surface area contributed by atoms with Gasteiger partial charge >= 0.3 is 0 Å². The number of carbonyl (C=O) groups excluding carboxylic acids is 1. The van der Waals surface area contributed by atoms with Crippen molar-refractivity contribution in [2.45, 2.75) is 20.8 Å². The van der Waals surface area contributed by atoms with E-state index in [1.165, 1.54) is 18.2 Å². The molecule has 3 rings (SSSR count). The number of aryl methyl sites for hydroxylation is 1. The Labute approximate surface area is 184 Å². The third-order valence-corrected chi connectivity index (χ3v) is 5.51. The summed E-state index contributed by atoms with van der Waals surface area (Å²) < 4.78 is 15.4. The van der Waals surface area contributed by atoms with Crippen LogP contribution in [0.3, 0.4) is 0 Å². The molecule has 0 aliphatic carbocycles. The van der Waals surface area contributed by atoms with Gasteiger partial charge in [0.15, 0.2) is 0 Å². The SMILES string of the molecule is Cc1c(Cl)cccc1NC(=O)/C(C#N)=C\c1cc(C)n(-c2ccc(F)c(Cl)c2)c1C. The van der Waals surface area contributed by atoms with Gasteiger partial charge in [-0.1, -0.05) is 29.3 Å². The summed E-state index contributed by atoms with van der Waals surface area (Å²) in [5.74, 6) is -1.03. The Kier molecular flexibility index (Phi) is 6.31. The number of nitrogens with zero attached hydrogens (tertiary/aromatic N) is 2. The number of rotatable bonds is 4. The number of halogens is 3. The van der Waals surface area contributed by atoms with Gasteiger partial charge in [0.25, 0.3) is 5.91 Å². The van der Waals surface area contributed by atoms with Gasteiger partial charge in [0, 0.05) is 27.8 Å². The quantitative estimate of drug-likeness (QED) is 0.376. The number of hydrogen-bond acceptors (Lipinski definition) is 2. The Morgan fingerprint density at radius 1 is 1.13 bits per heavy atom. The molecule has 0 fully saturated rings. The maximum Gasteiger partial charge on any atom is 0.266 e. The summed E-state index contributed by atoms with van der Waals surface area (Å²) >= 11 is 12.0. The average molecular weight is 442 g/mol. The molecule has 1 aromatic heterocycles. The van der Waals surface area contributed by atoms with Gasteiger partial charge in [0.05, 0.1) is 5.02 Å². The smallest absolute Gasteiger partial charge is 0.266 e. The zero-order valence-corrected chi connectivity index (χ0v) is 18.1. The molecule has 0 bridgehead atoms. The largest absolute Gasteiger partial charge is 0.321 e. The third kappa shape index (κ3) is 4.25. The van der Waals surface area contributed by atoms with Gasteiger partial charge in [-0.15, -0.1) is 0 Å². The second kappa shape index (κ2) is 8.74. The normalized spacial score (nSPS) is 11.3. The molecule has 2 aromatic carbocycles. The Hall–Kier alpha value is -3.07. The molecule has 0 atom stereocenters. The maximum atomic E-state index is 13.5. The van der Waals surface area contributed by atoms with Crippen molar-refractivity contribution < 1.29 is 9.18 Å². The Balaban J connectivity index is 1.96. The average Bonchev–Trinajstić information content (AvgIpc) is 2.98. The molecule has 1 N–H and O–H groups in total. The van der Waals surface area contributed by atoms with Crippen LogP contribution < -0.4 is 5.32 Å². The van der Waals surface area contributed by atoms with Gasteiger partial charge in [0.2, 0.25) is 0 Å². The van der Waals surface area contributed by atoms with Crippen LogP contribution in [-0.2, 0) is 4.79 Å². The van der Waals surface area contributed by atoms with Crippen LogP contribution in [0, 0.1) is 37.9 Å². The van der Waals surface area contributed by atoms with Crippen molar-refractivity contribution in [2.24, 2.45) is 0 Å². The molecule has 0 radical (unpaired) electrons. The highest BCUT2D eigenvalue weighted by Gasteiger charge is 2.15. The first kappa shape index (κ1) is 21.6. The van der Waals surface area contributed by atoms with E-state index in [0.717, 1.165) is 17.0 Å². The summed E-state index contributed by atoms with van der Waals surface area (Å²) in [6.07, 6.45) is 1.53. The molecule has 4 nitrogen and oxygen atoms in total. The Morgan fingerprint density at radius 2 is 1.87 bits per heavy atom. The molecular formula is C23H18Cl2FN3O. The van der Waals surface area contributed by atoms with Crippen molar-refractivity contribution in [1.29, 1.82) is 5.26 Å². The van der Waals surface area contributed by atoms with Crippen LogP contribution in [0.4, 0.5) is 10.1 Å². The lowest BCUT2D eigenvalue weighted by molar-refractivity contribution is -0.112. The predicted molar refractivity (Wildman–Crippen MR) is 119 cm³/mol. The van der Waals surface area contributed by atoms with Crippen molar-refractivity contribution in [1.82, 2.24) is 4.57 Å². The summed E-state index contributed by atoms with van der Waals surface area (Å²) in [5, 5.41) is 12.8. The van der Waals surface area contributed by atoms with Crippen molar-refractivity contribution >= 4 is 40.9 Å². The van der Waals surface area contributed by atoms with E-state index in [2.05, 4.69) is 5.32 Å². The van der Waals surface area contributed by atoms with E-state index in [9.17, 15) is 14.4 Å². The van der Waals surface area contributed by atoms with Crippen LogP contribution in [0.2, 0.25) is 10.0 Å². The summed E-state index contributed by atoms with van der Waals surface area (Å²) in [5.41, 5.74) is 4.23. The number of hydrogen-bond donors (Lipinski definition) is 1. The highest BCUT2D eigenvalue weighted by molar-refractivity contribution is 6.32. The van der Waals surface area contributed by atoms with Crippen LogP contribution in [0.25, 0.3) is 11.8 Å². The molecule has 0 spiro atoms. The topological polar surface area (TPSA) is 57.8 Å². The van der Waals surface area contributed by atoms with Gasteiger partial charge in [-0.2, -0.15) is 5.26 Å². The fourth-order valence-electron chi connectivity index (χ4n) is 3.19. The number of benzene rings is 2. The van der Waals surface area contributed by atoms with Crippen molar-refractivity contribution in [3.8, 4) is 11.8 Å². The third-order valence-electron chi connectivity index (χ3n) is 4.81. The number of amides is 1. The molecule has 0 saturated heterocycles. The van der Waals surface area contributed by atoms with Gasteiger partial charge in [-0.05, 0) is 74.4 Å². The number of aromatic nitrogens is 1. The highest BCUT2D eigenvalue weighted by atomic mass is 35.5. The minimum Gasteiger partial charge on any atom is -0.321 e. The van der Waals surface area contributed by atoms with Crippen molar-refractivity contribution in [2.75, 3.05) is 5.32 Å². The summed E-state index contributed by atoms with van der Waals surface area (Å²) in [7, 11) is 0. The highest BCUT2D eigenvalue weighted by Crippen LogP contribution is 2.27. The van der Waals surface area contributed by atoms with E-state index >= 15 is 0 Å². The number of nitrogens with one attached hydrogen (secondary N) is 1. The maximum absolute atomic E-state index is 13.5. The zero-order chi connectivity index (χ0) is 22.0. The van der Waals surface area contributed by atoms with E-state index in [0.29, 0.717) is 22.0 Å². The Bertz CT molecular complexity index is 1220. The molecule has 3 aromatic rings. The molecular weight excluding hydrogens is 424 g/mol. The molecule has 1 amide bonds. The second-order valence-corrected chi connectivity index (χ2v) is 7.61. The summed E-state index contributed by atoms with van der Waals surface area (Å²) in [6.45, 7) is 5.52. The molecule has 0 saturated carbocycles. The molecule has 30 heavy (non-hydrogen) atoms. The first-order valence-corrected chi connectivity index (χ1v) is 9.81. The Morgan fingerprint density at radius 3 is 2.53 bits per heavy atom. The second-order valence-electron chi connectivity index (χ2n) is 6.80. The van der Waals surface area contributed by atoms with E-state index in [1.54, 1.807) is 31.2 Å². The number of anilines is 1. The molecule has 1 heterocycles. The van der Waals surface area contributed by atoms with Crippen LogP contribution >= 0.6 is 23.2 Å². The van der Waals surface area contributed by atoms with Gasteiger partial charge in [0.1, 0.15) is 17.5 Å². The summed E-state index contributed by atoms with van der Waals surface area (Å²) in [6, 6.07) is 13.4. The fourth-order valence-corrected chi connectivity index (χ4v) is 3.54. The molecule has 0 aliphatic heterocycles. The monoisotopic (exact) mass is 441 g/mol. The lowest BCUT2D eigenvalue weighted by atomic mass is 10.1. The molecule has 7 heteroatoms. The van der Waals surface area contributed by atoms with E-state index in [1.807, 2.05) is 30.6 Å². The van der Waals surface area contributed by atoms with Crippen LogP contribution in [0.15, 0.2) is 48.0 Å².